The Balaban J connectivity index is 1.87. The van der Waals surface area contributed by atoms with Crippen molar-refractivity contribution in [3.63, 3.8) is 0 Å². The monoisotopic (exact) mass is 245 g/mol. The SMILES string of the molecule is CCc1cc(NCC2(CC)CC2)n2ncnc2n1. The minimum absolute atomic E-state index is 0.516. The number of nitrogens with one attached hydrogen (secondary N) is 1. The highest BCUT2D eigenvalue weighted by molar-refractivity contribution is 5.45. The summed E-state index contributed by atoms with van der Waals surface area (Å²) in [5.41, 5.74) is 1.57. The fourth-order valence-corrected chi connectivity index (χ4v) is 2.28. The molecule has 5 nitrogen and oxygen atoms in total. The molecular weight excluding hydrogens is 226 g/mol. The van der Waals surface area contributed by atoms with Crippen LogP contribution in [0.5, 0.6) is 0 Å². The van der Waals surface area contributed by atoms with Gasteiger partial charge in [0.05, 0.1) is 0 Å². The van der Waals surface area contributed by atoms with E-state index in [-0.39, 0.29) is 0 Å². The lowest BCUT2D eigenvalue weighted by molar-refractivity contribution is 0.520. The normalized spacial score (nSPS) is 17.0. The quantitative estimate of drug-likeness (QED) is 0.878. The third-order valence-electron chi connectivity index (χ3n) is 4.02. The molecule has 18 heavy (non-hydrogen) atoms. The number of rotatable bonds is 5. The van der Waals surface area contributed by atoms with E-state index in [4.69, 9.17) is 0 Å². The van der Waals surface area contributed by atoms with Gasteiger partial charge in [-0.25, -0.2) is 4.98 Å². The fourth-order valence-electron chi connectivity index (χ4n) is 2.28. The second kappa shape index (κ2) is 4.23. The number of nitrogens with zero attached hydrogens (tertiary/aromatic N) is 4. The molecule has 2 heterocycles. The Morgan fingerprint density at radius 1 is 1.39 bits per heavy atom. The van der Waals surface area contributed by atoms with Crippen molar-refractivity contribution >= 4 is 11.6 Å². The zero-order chi connectivity index (χ0) is 12.6. The number of hydrogen-bond donors (Lipinski definition) is 1. The van der Waals surface area contributed by atoms with Crippen molar-refractivity contribution in [2.75, 3.05) is 11.9 Å². The van der Waals surface area contributed by atoms with E-state index in [1.54, 1.807) is 10.8 Å². The smallest absolute Gasteiger partial charge is 0.254 e. The maximum atomic E-state index is 4.44. The van der Waals surface area contributed by atoms with E-state index in [0.29, 0.717) is 11.2 Å². The second-order valence-electron chi connectivity index (χ2n) is 5.17. The van der Waals surface area contributed by atoms with Crippen LogP contribution in [0.15, 0.2) is 12.4 Å². The van der Waals surface area contributed by atoms with Gasteiger partial charge in [0.1, 0.15) is 12.1 Å². The standard InChI is InChI=1S/C13H19N5/c1-3-10-7-11(14-8-13(4-2)5-6-13)18-12(17-10)15-9-16-18/h7,9,14H,3-6,8H2,1-2H3. The molecule has 0 amide bonds. The summed E-state index contributed by atoms with van der Waals surface area (Å²) in [6, 6.07) is 2.08. The lowest BCUT2D eigenvalue weighted by atomic mass is 10.0. The summed E-state index contributed by atoms with van der Waals surface area (Å²) in [5.74, 6) is 1.69. The van der Waals surface area contributed by atoms with Gasteiger partial charge < -0.3 is 5.32 Å². The molecule has 0 saturated heterocycles. The van der Waals surface area contributed by atoms with E-state index < -0.39 is 0 Å². The summed E-state index contributed by atoms with van der Waals surface area (Å²) in [5, 5.41) is 7.74. The molecule has 0 aliphatic heterocycles. The predicted octanol–water partition coefficient (Wildman–Crippen LogP) is 2.29. The lowest BCUT2D eigenvalue weighted by Gasteiger charge is -2.15. The van der Waals surface area contributed by atoms with Crippen LogP contribution in [0, 0.1) is 5.41 Å². The first kappa shape index (κ1) is 11.4. The van der Waals surface area contributed by atoms with Crippen molar-refractivity contribution in [3.05, 3.63) is 18.1 Å². The van der Waals surface area contributed by atoms with Gasteiger partial charge in [0.25, 0.3) is 5.78 Å². The van der Waals surface area contributed by atoms with Crippen LogP contribution in [0.1, 0.15) is 38.8 Å². The van der Waals surface area contributed by atoms with Crippen molar-refractivity contribution in [3.8, 4) is 0 Å². The highest BCUT2D eigenvalue weighted by Crippen LogP contribution is 2.48. The van der Waals surface area contributed by atoms with Gasteiger partial charge in [0.2, 0.25) is 0 Å². The van der Waals surface area contributed by atoms with E-state index in [1.165, 1.54) is 19.3 Å². The summed E-state index contributed by atoms with van der Waals surface area (Å²) < 4.78 is 1.78. The molecule has 0 radical (unpaired) electrons. The predicted molar refractivity (Wildman–Crippen MR) is 70.6 cm³/mol. The minimum atomic E-state index is 0.516. The molecule has 1 aliphatic rings. The van der Waals surface area contributed by atoms with Gasteiger partial charge in [-0.1, -0.05) is 13.8 Å². The van der Waals surface area contributed by atoms with Crippen molar-refractivity contribution < 1.29 is 0 Å². The fraction of sp³-hybridized carbons (Fsp3) is 0.615. The number of anilines is 1. The molecule has 96 valence electrons. The summed E-state index contributed by atoms with van der Waals surface area (Å²) >= 11 is 0. The topological polar surface area (TPSA) is 55.1 Å². The summed E-state index contributed by atoms with van der Waals surface area (Å²) in [4.78, 5) is 8.61. The molecular formula is C13H19N5. The first-order valence-corrected chi connectivity index (χ1v) is 6.70. The summed E-state index contributed by atoms with van der Waals surface area (Å²) in [7, 11) is 0. The average Bonchev–Trinajstić information content (AvgIpc) is 3.04. The second-order valence-corrected chi connectivity index (χ2v) is 5.17. The van der Waals surface area contributed by atoms with E-state index in [9.17, 15) is 0 Å². The molecule has 0 unspecified atom stereocenters. The third-order valence-corrected chi connectivity index (χ3v) is 4.02. The molecule has 0 bridgehead atoms. The Kier molecular flexibility index (Phi) is 2.69. The van der Waals surface area contributed by atoms with Gasteiger partial charge in [0, 0.05) is 18.3 Å². The molecule has 2 aromatic heterocycles. The van der Waals surface area contributed by atoms with E-state index in [2.05, 4.69) is 40.3 Å². The van der Waals surface area contributed by atoms with Crippen LogP contribution in [0.2, 0.25) is 0 Å². The molecule has 5 heteroatoms. The Bertz CT molecular complexity index is 556. The minimum Gasteiger partial charge on any atom is -0.369 e. The van der Waals surface area contributed by atoms with Crippen molar-refractivity contribution in [2.45, 2.75) is 39.5 Å². The van der Waals surface area contributed by atoms with E-state index in [1.807, 2.05) is 0 Å². The van der Waals surface area contributed by atoms with Gasteiger partial charge >= 0.3 is 0 Å². The van der Waals surface area contributed by atoms with Gasteiger partial charge in [0.15, 0.2) is 0 Å². The Labute approximate surface area is 107 Å². The van der Waals surface area contributed by atoms with Crippen LogP contribution in [0.25, 0.3) is 5.78 Å². The maximum Gasteiger partial charge on any atom is 0.254 e. The number of fused-ring (bicyclic) bond motifs is 1. The molecule has 2 aromatic rings. The average molecular weight is 245 g/mol. The summed E-state index contributed by atoms with van der Waals surface area (Å²) in [6.45, 7) is 5.39. The van der Waals surface area contributed by atoms with Crippen LogP contribution < -0.4 is 5.32 Å². The molecule has 0 spiro atoms. The van der Waals surface area contributed by atoms with Crippen molar-refractivity contribution in [2.24, 2.45) is 5.41 Å². The van der Waals surface area contributed by atoms with Crippen LogP contribution in [0.4, 0.5) is 5.82 Å². The van der Waals surface area contributed by atoms with Crippen LogP contribution in [-0.4, -0.2) is 26.1 Å². The van der Waals surface area contributed by atoms with Gasteiger partial charge in [-0.2, -0.15) is 14.6 Å². The van der Waals surface area contributed by atoms with Crippen LogP contribution >= 0.6 is 0 Å². The maximum absolute atomic E-state index is 4.44. The van der Waals surface area contributed by atoms with Gasteiger partial charge in [-0.3, -0.25) is 0 Å². The van der Waals surface area contributed by atoms with Crippen molar-refractivity contribution in [1.82, 2.24) is 19.6 Å². The van der Waals surface area contributed by atoms with Crippen LogP contribution in [-0.2, 0) is 6.42 Å². The number of aromatic nitrogens is 4. The largest absolute Gasteiger partial charge is 0.369 e. The van der Waals surface area contributed by atoms with Crippen molar-refractivity contribution in [1.29, 1.82) is 0 Å². The van der Waals surface area contributed by atoms with E-state index in [0.717, 1.165) is 24.5 Å². The zero-order valence-corrected chi connectivity index (χ0v) is 11.0. The van der Waals surface area contributed by atoms with Crippen LogP contribution in [0.3, 0.4) is 0 Å². The Morgan fingerprint density at radius 2 is 2.22 bits per heavy atom. The van der Waals surface area contributed by atoms with E-state index >= 15 is 0 Å². The zero-order valence-electron chi connectivity index (χ0n) is 11.0. The molecule has 0 atom stereocenters. The Hall–Kier alpha value is -1.65. The highest BCUT2D eigenvalue weighted by atomic mass is 15.4. The molecule has 1 aliphatic carbocycles. The van der Waals surface area contributed by atoms with Gasteiger partial charge in [-0.15, -0.1) is 0 Å². The lowest BCUT2D eigenvalue weighted by Crippen LogP contribution is -2.17. The molecule has 1 fully saturated rings. The summed E-state index contributed by atoms with van der Waals surface area (Å²) in [6.07, 6.45) is 6.38. The first-order chi connectivity index (χ1) is 8.76. The number of hydrogen-bond acceptors (Lipinski definition) is 4. The number of aryl methyl sites for hydroxylation is 1. The third kappa shape index (κ3) is 1.94. The highest BCUT2D eigenvalue weighted by Gasteiger charge is 2.40. The van der Waals surface area contributed by atoms with Gasteiger partial charge in [-0.05, 0) is 31.1 Å². The molecule has 0 aromatic carbocycles. The molecule has 3 rings (SSSR count). The molecule has 1 saturated carbocycles. The molecule has 1 N–H and O–H groups in total. The Morgan fingerprint density at radius 3 is 2.89 bits per heavy atom. The first-order valence-electron chi connectivity index (χ1n) is 6.70.